The summed E-state index contributed by atoms with van der Waals surface area (Å²) in [5.41, 5.74) is 2.27. The fourth-order valence-corrected chi connectivity index (χ4v) is 11.6. The molecule has 70 heavy (non-hydrogen) atoms. The first-order valence-electron chi connectivity index (χ1n) is 24.7. The summed E-state index contributed by atoms with van der Waals surface area (Å²) in [6.07, 6.45) is 6.25. The number of amides is 5. The van der Waals surface area contributed by atoms with Crippen LogP contribution in [0.25, 0.3) is 10.9 Å². The molecule has 1 N–H and O–H groups in total. The largest absolute Gasteiger partial charge is 0.493 e. The Hall–Kier alpha value is -5.87. The van der Waals surface area contributed by atoms with Crippen LogP contribution in [0, 0.1) is 16.7 Å². The van der Waals surface area contributed by atoms with E-state index >= 15 is 0 Å². The summed E-state index contributed by atoms with van der Waals surface area (Å²) < 4.78 is 19.9. The number of anilines is 1. The average Bonchev–Trinajstić information content (AvgIpc) is 3.79. The molecule has 2 aromatic carbocycles. The maximum absolute atomic E-state index is 14.0. The molecule has 5 amide bonds. The Kier molecular flexibility index (Phi) is 14.4. The molecule has 0 bridgehead atoms. The second-order valence-electron chi connectivity index (χ2n) is 20.7. The van der Waals surface area contributed by atoms with Crippen molar-refractivity contribution in [2.45, 2.75) is 115 Å². The summed E-state index contributed by atoms with van der Waals surface area (Å²) in [6, 6.07) is 16.2. The fraction of sp³-hybridized carbons (Fsp3) is 0.529. The molecule has 9 rings (SSSR count). The van der Waals surface area contributed by atoms with Gasteiger partial charge in [-0.05, 0) is 106 Å². The maximum Gasteiger partial charge on any atom is 0.278 e. The third-order valence-corrected chi connectivity index (χ3v) is 16.6. The van der Waals surface area contributed by atoms with Gasteiger partial charge in [0.1, 0.15) is 36.0 Å². The first kappa shape index (κ1) is 49.1. The molecule has 4 aromatic rings. The first-order valence-corrected chi connectivity index (χ1v) is 28.8. The first-order chi connectivity index (χ1) is 33.6. The van der Waals surface area contributed by atoms with Gasteiger partial charge in [0.05, 0.1) is 34.4 Å². The molecule has 0 radical (unpaired) electrons. The van der Waals surface area contributed by atoms with E-state index in [2.05, 4.69) is 51.0 Å². The van der Waals surface area contributed by atoms with Crippen LogP contribution in [-0.2, 0) is 20.9 Å². The Labute approximate surface area is 414 Å². The molecular formula is C51H62ClN9O8Si. The summed E-state index contributed by atoms with van der Waals surface area (Å²) in [7, 11) is -1.38. The number of imide groups is 2. The number of likely N-dealkylation sites (tertiary alicyclic amines) is 2. The van der Waals surface area contributed by atoms with Gasteiger partial charge < -0.3 is 33.9 Å². The molecule has 1 unspecified atom stereocenters. The summed E-state index contributed by atoms with van der Waals surface area (Å²) in [5.74, 6) is -0.135. The Morgan fingerprint density at radius 2 is 1.69 bits per heavy atom. The van der Waals surface area contributed by atoms with Gasteiger partial charge in [-0.25, -0.2) is 0 Å². The van der Waals surface area contributed by atoms with Crippen LogP contribution in [0.5, 0.6) is 11.5 Å². The van der Waals surface area contributed by atoms with Crippen LogP contribution in [0.1, 0.15) is 102 Å². The minimum atomic E-state index is -1.38. The van der Waals surface area contributed by atoms with Gasteiger partial charge in [0.2, 0.25) is 5.91 Å². The number of benzene rings is 2. The quantitative estimate of drug-likeness (QED) is 0.0654. The zero-order valence-corrected chi connectivity index (χ0v) is 42.3. The summed E-state index contributed by atoms with van der Waals surface area (Å²) in [4.78, 5) is 74.3. The van der Waals surface area contributed by atoms with Gasteiger partial charge in [0, 0.05) is 83.9 Å². The zero-order valence-electron chi connectivity index (χ0n) is 40.5. The van der Waals surface area contributed by atoms with E-state index in [-0.39, 0.29) is 60.2 Å². The lowest BCUT2D eigenvalue weighted by molar-refractivity contribution is -0.158. The van der Waals surface area contributed by atoms with E-state index in [1.165, 1.54) is 0 Å². The number of nitrogens with zero attached hydrogens (tertiary/aromatic N) is 8. The van der Waals surface area contributed by atoms with Gasteiger partial charge in [-0.1, -0.05) is 31.2 Å². The number of piperidine rings is 2. The van der Waals surface area contributed by atoms with Crippen LogP contribution in [0.2, 0.25) is 30.7 Å². The molecule has 1 saturated carbocycles. The fourth-order valence-electron chi connectivity index (χ4n) is 10.6. The van der Waals surface area contributed by atoms with Crippen molar-refractivity contribution < 1.29 is 38.2 Å². The topological polar surface area (TPSA) is 193 Å². The molecule has 19 heteroatoms. The van der Waals surface area contributed by atoms with E-state index < -0.39 is 31.8 Å². The molecule has 4 aliphatic heterocycles. The van der Waals surface area contributed by atoms with E-state index in [1.54, 1.807) is 24.3 Å². The molecule has 1 atom stereocenters. The van der Waals surface area contributed by atoms with Gasteiger partial charge in [0.15, 0.2) is 11.5 Å². The lowest BCUT2D eigenvalue weighted by atomic mass is 9.72. The highest BCUT2D eigenvalue weighted by molar-refractivity contribution is 6.76. The summed E-state index contributed by atoms with van der Waals surface area (Å²) >= 11 is 6.16. The predicted molar refractivity (Wildman–Crippen MR) is 265 cm³/mol. The molecule has 6 heterocycles. The second-order valence-corrected chi connectivity index (χ2v) is 26.7. The van der Waals surface area contributed by atoms with Gasteiger partial charge in [-0.2, -0.15) is 5.26 Å². The molecule has 1 aliphatic carbocycles. The van der Waals surface area contributed by atoms with Crippen molar-refractivity contribution in [1.29, 1.82) is 5.26 Å². The number of rotatable bonds is 17. The molecular weight excluding hydrogens is 930 g/mol. The molecule has 2 aromatic heterocycles. The van der Waals surface area contributed by atoms with E-state index in [0.29, 0.717) is 52.9 Å². The summed E-state index contributed by atoms with van der Waals surface area (Å²) in [5, 5.41) is 22.0. The number of nitriles is 1. The average molecular weight is 993 g/mol. The lowest BCUT2D eigenvalue weighted by Crippen LogP contribution is -2.60. The van der Waals surface area contributed by atoms with E-state index in [0.717, 1.165) is 105 Å². The lowest BCUT2D eigenvalue weighted by Gasteiger charge is -2.54. The zero-order chi connectivity index (χ0) is 49.3. The minimum absolute atomic E-state index is 0.0162. The van der Waals surface area contributed by atoms with Crippen molar-refractivity contribution in [1.82, 2.24) is 34.8 Å². The standard InChI is InChI=1S/C51H62ClN9O8Si/c1-5-59-42-28-36(13-14-38(42)45-46(59)50(66)61(49(45)65)41-16-18-44(62)60(48(41)64)32-67-25-26-70(2,3)4)68-24-6-21-57-30-51(31-57)19-22-58(23-20-51)43-17-15-40(55-56-43)47(63)54-34-8-11-35(12-9-34)69-37-10-7-33(29-53)39(52)27-37/h7,10,13-15,17,27-28,34-35,41H,5-6,8-9,11-12,16,18-26,30-32H2,1-4H3,(H,54,63). The Morgan fingerprint density at radius 1 is 0.929 bits per heavy atom. The molecule has 3 saturated heterocycles. The van der Waals surface area contributed by atoms with Crippen LogP contribution < -0.4 is 19.7 Å². The Bertz CT molecular complexity index is 2690. The minimum Gasteiger partial charge on any atom is -0.493 e. The number of carbonyl (C=O) groups excluding carboxylic acids is 5. The highest BCUT2D eigenvalue weighted by Gasteiger charge is 2.50. The normalized spacial score (nSPS) is 21.5. The van der Waals surface area contributed by atoms with Gasteiger partial charge in [0.25, 0.3) is 23.6 Å². The number of hydrogen-bond donors (Lipinski definition) is 1. The number of halogens is 1. The van der Waals surface area contributed by atoms with Gasteiger partial charge in [-0.15, -0.1) is 10.2 Å². The van der Waals surface area contributed by atoms with Crippen LogP contribution in [0.4, 0.5) is 5.82 Å². The number of nitrogens with one attached hydrogen (secondary N) is 1. The van der Waals surface area contributed by atoms with Crippen molar-refractivity contribution in [3.63, 3.8) is 0 Å². The Balaban J connectivity index is 0.696. The summed E-state index contributed by atoms with van der Waals surface area (Å²) in [6.45, 7) is 14.5. The van der Waals surface area contributed by atoms with Crippen LogP contribution in [0.3, 0.4) is 0 Å². The van der Waals surface area contributed by atoms with Crippen molar-refractivity contribution in [2.75, 3.05) is 57.6 Å². The van der Waals surface area contributed by atoms with Crippen molar-refractivity contribution >= 4 is 65.9 Å². The number of carbonyl (C=O) groups is 5. The molecule has 5 aliphatic rings. The molecule has 370 valence electrons. The van der Waals surface area contributed by atoms with Crippen molar-refractivity contribution in [3.8, 4) is 17.6 Å². The predicted octanol–water partition coefficient (Wildman–Crippen LogP) is 6.89. The van der Waals surface area contributed by atoms with Crippen molar-refractivity contribution in [3.05, 3.63) is 76.1 Å². The second kappa shape index (κ2) is 20.5. The number of fused-ring (bicyclic) bond motifs is 3. The van der Waals surface area contributed by atoms with E-state index in [1.807, 2.05) is 35.8 Å². The highest BCUT2D eigenvalue weighted by Crippen LogP contribution is 2.42. The van der Waals surface area contributed by atoms with Crippen LogP contribution >= 0.6 is 11.6 Å². The molecule has 17 nitrogen and oxygen atoms in total. The Morgan fingerprint density at radius 3 is 2.37 bits per heavy atom. The smallest absolute Gasteiger partial charge is 0.278 e. The SMILES string of the molecule is CCn1c2c(c3ccc(OCCCN4CC5(CCN(c6ccc(C(=O)NC7CCC(Oc8ccc(C#N)c(Cl)c8)CC7)nn6)CC5)C4)cc31)C(=O)N(C1CCC(=O)N(COCC[Si](C)(C)C)C1=O)C2=O. The van der Waals surface area contributed by atoms with Gasteiger partial charge >= 0.3 is 0 Å². The number of ether oxygens (including phenoxy) is 3. The van der Waals surface area contributed by atoms with Crippen LogP contribution in [0.15, 0.2) is 48.5 Å². The molecule has 1 spiro atoms. The number of aryl methyl sites for hydroxylation is 1. The third kappa shape index (κ3) is 10.3. The monoisotopic (exact) mass is 991 g/mol. The highest BCUT2D eigenvalue weighted by atomic mass is 35.5. The number of aromatic nitrogens is 3. The number of hydrogen-bond acceptors (Lipinski definition) is 13. The van der Waals surface area contributed by atoms with Crippen molar-refractivity contribution in [2.24, 2.45) is 5.41 Å². The molecule has 4 fully saturated rings. The van der Waals surface area contributed by atoms with Crippen LogP contribution in [-0.4, -0.2) is 138 Å². The third-order valence-electron chi connectivity index (χ3n) is 14.6. The van der Waals surface area contributed by atoms with E-state index in [9.17, 15) is 24.0 Å². The maximum atomic E-state index is 14.0. The van der Waals surface area contributed by atoms with Gasteiger partial charge in [-0.3, -0.25) is 33.8 Å². The van der Waals surface area contributed by atoms with E-state index in [4.69, 9.17) is 31.1 Å².